The molecular weight excluding hydrogens is 200 g/mol. The molecule has 2 heteroatoms. The Kier molecular flexibility index (Phi) is 3.22. The molecule has 0 aliphatic carbocycles. The van der Waals surface area contributed by atoms with Gasteiger partial charge in [-0.25, -0.2) is 0 Å². The fraction of sp³-hybridized carbons (Fsp3) is 0.143. The van der Waals surface area contributed by atoms with E-state index in [1.165, 1.54) is 0 Å². The van der Waals surface area contributed by atoms with E-state index in [1.54, 1.807) is 6.92 Å². The first-order valence-electron chi connectivity index (χ1n) is 5.26. The van der Waals surface area contributed by atoms with Crippen LogP contribution >= 0.6 is 0 Å². The summed E-state index contributed by atoms with van der Waals surface area (Å²) in [4.78, 5) is 0. The van der Waals surface area contributed by atoms with Gasteiger partial charge in [-0.1, -0.05) is 48.5 Å². The van der Waals surface area contributed by atoms with E-state index in [4.69, 9.17) is 4.74 Å². The third-order valence-electron chi connectivity index (χ3n) is 2.27. The summed E-state index contributed by atoms with van der Waals surface area (Å²) in [5.41, 5.74) is 2.07. The number of aliphatic hydroxyl groups excluding tert-OH is 1. The van der Waals surface area contributed by atoms with Gasteiger partial charge >= 0.3 is 0 Å². The predicted octanol–water partition coefficient (Wildman–Crippen LogP) is 3.07. The smallest absolute Gasteiger partial charge is 0.194 e. The van der Waals surface area contributed by atoms with Gasteiger partial charge in [0.1, 0.15) is 5.75 Å². The van der Waals surface area contributed by atoms with Gasteiger partial charge in [0.15, 0.2) is 6.29 Å². The molecule has 0 amide bonds. The largest absolute Gasteiger partial charge is 0.465 e. The van der Waals surface area contributed by atoms with Crippen LogP contribution in [0.5, 0.6) is 5.75 Å². The van der Waals surface area contributed by atoms with Gasteiger partial charge in [0.25, 0.3) is 0 Å². The molecule has 2 rings (SSSR count). The SMILES string of the molecule is CC(O)Oc1ccccc1-c1ccccc1. The van der Waals surface area contributed by atoms with Gasteiger partial charge in [-0.05, 0) is 18.6 Å². The van der Waals surface area contributed by atoms with E-state index in [-0.39, 0.29) is 0 Å². The third kappa shape index (κ3) is 2.41. The molecule has 0 fully saturated rings. The quantitative estimate of drug-likeness (QED) is 0.796. The van der Waals surface area contributed by atoms with Crippen LogP contribution in [0.15, 0.2) is 54.6 Å². The molecule has 2 aromatic carbocycles. The molecule has 0 aliphatic heterocycles. The van der Waals surface area contributed by atoms with Crippen LogP contribution in [-0.4, -0.2) is 11.4 Å². The maximum Gasteiger partial charge on any atom is 0.194 e. The lowest BCUT2D eigenvalue weighted by atomic mass is 10.1. The Morgan fingerprint density at radius 2 is 1.56 bits per heavy atom. The van der Waals surface area contributed by atoms with Crippen LogP contribution < -0.4 is 4.74 Å². The molecule has 0 aromatic heterocycles. The monoisotopic (exact) mass is 214 g/mol. The second-order valence-electron chi connectivity index (χ2n) is 3.58. The Hall–Kier alpha value is -1.80. The molecule has 0 heterocycles. The fourth-order valence-electron chi connectivity index (χ4n) is 1.61. The van der Waals surface area contributed by atoms with Crippen LogP contribution in [0, 0.1) is 0 Å². The van der Waals surface area contributed by atoms with Gasteiger partial charge < -0.3 is 9.84 Å². The highest BCUT2D eigenvalue weighted by atomic mass is 16.6. The van der Waals surface area contributed by atoms with Crippen molar-refractivity contribution in [2.24, 2.45) is 0 Å². The summed E-state index contributed by atoms with van der Waals surface area (Å²) in [7, 11) is 0. The predicted molar refractivity (Wildman–Crippen MR) is 64.2 cm³/mol. The van der Waals surface area contributed by atoms with E-state index in [9.17, 15) is 5.11 Å². The van der Waals surface area contributed by atoms with Crippen molar-refractivity contribution in [3.63, 3.8) is 0 Å². The molecule has 0 bridgehead atoms. The molecule has 1 atom stereocenters. The normalized spacial score (nSPS) is 12.1. The van der Waals surface area contributed by atoms with Crippen molar-refractivity contribution in [3.05, 3.63) is 54.6 Å². The number of para-hydroxylation sites is 1. The molecule has 0 aliphatic rings. The Morgan fingerprint density at radius 3 is 2.25 bits per heavy atom. The van der Waals surface area contributed by atoms with Gasteiger partial charge in [0.2, 0.25) is 0 Å². The van der Waals surface area contributed by atoms with Crippen molar-refractivity contribution in [1.82, 2.24) is 0 Å². The van der Waals surface area contributed by atoms with Crippen LogP contribution in [0.2, 0.25) is 0 Å². The highest BCUT2D eigenvalue weighted by Gasteiger charge is 2.06. The minimum absolute atomic E-state index is 0.698. The van der Waals surface area contributed by atoms with Crippen molar-refractivity contribution in [3.8, 4) is 16.9 Å². The standard InChI is InChI=1S/C14H14O2/c1-11(15)16-14-10-6-5-9-13(14)12-7-3-2-4-8-12/h2-11,15H,1H3. The first-order valence-corrected chi connectivity index (χ1v) is 5.26. The highest BCUT2D eigenvalue weighted by molar-refractivity contribution is 5.70. The number of rotatable bonds is 3. The molecule has 1 N–H and O–H groups in total. The van der Waals surface area contributed by atoms with E-state index in [0.29, 0.717) is 5.75 Å². The number of aliphatic hydroxyl groups is 1. The summed E-state index contributed by atoms with van der Waals surface area (Å²) in [5, 5.41) is 9.25. The van der Waals surface area contributed by atoms with Crippen LogP contribution in [0.3, 0.4) is 0 Å². The summed E-state index contributed by atoms with van der Waals surface area (Å²) in [6, 6.07) is 17.7. The molecule has 2 aromatic rings. The molecule has 0 saturated heterocycles. The lowest BCUT2D eigenvalue weighted by molar-refractivity contribution is 0.000144. The molecular formula is C14H14O2. The Balaban J connectivity index is 2.41. The molecule has 1 unspecified atom stereocenters. The van der Waals surface area contributed by atoms with Gasteiger partial charge in [-0.15, -0.1) is 0 Å². The minimum atomic E-state index is -0.801. The lowest BCUT2D eigenvalue weighted by Crippen LogP contribution is -2.10. The summed E-state index contributed by atoms with van der Waals surface area (Å²) in [6.45, 7) is 1.60. The van der Waals surface area contributed by atoms with Crippen molar-refractivity contribution in [2.75, 3.05) is 0 Å². The zero-order valence-electron chi connectivity index (χ0n) is 9.13. The Bertz CT molecular complexity index is 449. The fourth-order valence-corrected chi connectivity index (χ4v) is 1.61. The second kappa shape index (κ2) is 4.81. The average molecular weight is 214 g/mol. The minimum Gasteiger partial charge on any atom is -0.465 e. The van der Waals surface area contributed by atoms with Crippen molar-refractivity contribution in [1.29, 1.82) is 0 Å². The third-order valence-corrected chi connectivity index (χ3v) is 2.27. The number of ether oxygens (including phenoxy) is 1. The zero-order chi connectivity index (χ0) is 11.4. The van der Waals surface area contributed by atoms with E-state index in [2.05, 4.69) is 0 Å². The molecule has 0 spiro atoms. The Morgan fingerprint density at radius 1 is 0.938 bits per heavy atom. The van der Waals surface area contributed by atoms with E-state index >= 15 is 0 Å². The molecule has 2 nitrogen and oxygen atoms in total. The zero-order valence-corrected chi connectivity index (χ0v) is 9.13. The maximum atomic E-state index is 9.25. The summed E-state index contributed by atoms with van der Waals surface area (Å²) in [6.07, 6.45) is -0.801. The number of hydrogen-bond donors (Lipinski definition) is 1. The first kappa shape index (κ1) is 10.7. The highest BCUT2D eigenvalue weighted by Crippen LogP contribution is 2.29. The topological polar surface area (TPSA) is 29.5 Å². The average Bonchev–Trinajstić information content (AvgIpc) is 2.30. The molecule has 16 heavy (non-hydrogen) atoms. The summed E-state index contributed by atoms with van der Waals surface area (Å²) >= 11 is 0. The van der Waals surface area contributed by atoms with E-state index < -0.39 is 6.29 Å². The number of benzene rings is 2. The van der Waals surface area contributed by atoms with Crippen molar-refractivity contribution < 1.29 is 9.84 Å². The van der Waals surface area contributed by atoms with Gasteiger partial charge in [0.05, 0.1) is 0 Å². The van der Waals surface area contributed by atoms with Crippen LogP contribution in [0.1, 0.15) is 6.92 Å². The summed E-state index contributed by atoms with van der Waals surface area (Å²) in [5.74, 6) is 0.698. The maximum absolute atomic E-state index is 9.25. The van der Waals surface area contributed by atoms with Crippen LogP contribution in [0.4, 0.5) is 0 Å². The molecule has 0 saturated carbocycles. The van der Waals surface area contributed by atoms with Gasteiger partial charge in [0, 0.05) is 5.56 Å². The number of hydrogen-bond acceptors (Lipinski definition) is 2. The lowest BCUT2D eigenvalue weighted by Gasteiger charge is -2.13. The first-order chi connectivity index (χ1) is 7.77. The van der Waals surface area contributed by atoms with E-state index in [0.717, 1.165) is 11.1 Å². The van der Waals surface area contributed by atoms with Crippen molar-refractivity contribution in [2.45, 2.75) is 13.2 Å². The summed E-state index contributed by atoms with van der Waals surface area (Å²) < 4.78 is 5.36. The van der Waals surface area contributed by atoms with Gasteiger partial charge in [-0.2, -0.15) is 0 Å². The Labute approximate surface area is 95.1 Å². The van der Waals surface area contributed by atoms with Gasteiger partial charge in [-0.3, -0.25) is 0 Å². The van der Waals surface area contributed by atoms with Crippen LogP contribution in [0.25, 0.3) is 11.1 Å². The van der Waals surface area contributed by atoms with E-state index in [1.807, 2.05) is 54.6 Å². The second-order valence-corrected chi connectivity index (χ2v) is 3.58. The van der Waals surface area contributed by atoms with Crippen LogP contribution in [-0.2, 0) is 0 Å². The molecule has 82 valence electrons. The molecule has 0 radical (unpaired) electrons. The van der Waals surface area contributed by atoms with Crippen molar-refractivity contribution >= 4 is 0 Å².